The van der Waals surface area contributed by atoms with Gasteiger partial charge in [-0.25, -0.2) is 0 Å². The maximum Gasteiger partial charge on any atom is 0.0125 e. The van der Waals surface area contributed by atoms with Crippen molar-refractivity contribution in [3.63, 3.8) is 0 Å². The van der Waals surface area contributed by atoms with Crippen LogP contribution in [0.5, 0.6) is 0 Å². The molecule has 0 amide bonds. The number of nitrogens with two attached hydrogens (primary N) is 1. The van der Waals surface area contributed by atoms with Gasteiger partial charge in [0.15, 0.2) is 0 Å². The minimum Gasteiger partial charge on any atom is -0.330 e. The number of thiol groups is 1. The van der Waals surface area contributed by atoms with Crippen molar-refractivity contribution in [3.05, 3.63) is 0 Å². The average molecular weight is 169 g/mol. The van der Waals surface area contributed by atoms with Crippen LogP contribution < -0.4 is 5.73 Å². The molecule has 50 valence electrons. The molecular weight excluding hydrogens is 158 g/mol. The van der Waals surface area contributed by atoms with E-state index in [2.05, 4.69) is 11.7 Å². The summed E-state index contributed by atoms with van der Waals surface area (Å²) in [7, 11) is 1.58. The van der Waals surface area contributed by atoms with Crippen molar-refractivity contribution in [2.75, 3.05) is 23.8 Å². The van der Waals surface area contributed by atoms with Gasteiger partial charge in [-0.15, -0.1) is 11.7 Å². The molecular formula is C4H11NS3. The fourth-order valence-corrected chi connectivity index (χ4v) is 2.09. The smallest absolute Gasteiger partial charge is 0.0125 e. The summed E-state index contributed by atoms with van der Waals surface area (Å²) < 4.78 is 0. The third-order valence-corrected chi connectivity index (χ3v) is 2.79. The maximum atomic E-state index is 5.26. The van der Waals surface area contributed by atoms with Crippen LogP contribution in [-0.4, -0.2) is 23.8 Å². The van der Waals surface area contributed by atoms with Crippen LogP contribution in [0, 0.1) is 0 Å². The highest BCUT2D eigenvalue weighted by molar-refractivity contribution is 8.68. The molecule has 2 N–H and O–H groups in total. The summed E-state index contributed by atoms with van der Waals surface area (Å²) in [5, 5.41) is 0. The molecule has 0 fully saturated rings. The van der Waals surface area contributed by atoms with Crippen LogP contribution in [0.15, 0.2) is 0 Å². The van der Waals surface area contributed by atoms with E-state index in [0.717, 1.165) is 18.1 Å². The summed E-state index contributed by atoms with van der Waals surface area (Å²) in [6.07, 6.45) is 0. The maximum absolute atomic E-state index is 5.26. The van der Waals surface area contributed by atoms with Crippen molar-refractivity contribution in [1.82, 2.24) is 0 Å². The van der Waals surface area contributed by atoms with Crippen molar-refractivity contribution in [2.24, 2.45) is 5.73 Å². The molecule has 0 spiro atoms. The number of hydrogen-bond acceptors (Lipinski definition) is 4. The first kappa shape index (κ1) is 9.01. The molecule has 0 aromatic heterocycles. The predicted octanol–water partition coefficient (Wildman–Crippen LogP) is 1.26. The molecule has 0 aromatic rings. The molecule has 0 saturated carbocycles. The Labute approximate surface area is 64.0 Å². The zero-order chi connectivity index (χ0) is 6.24. The van der Waals surface area contributed by atoms with E-state index in [4.69, 9.17) is 5.73 Å². The van der Waals surface area contributed by atoms with Crippen molar-refractivity contribution >= 4 is 34.2 Å². The molecule has 0 aliphatic carbocycles. The van der Waals surface area contributed by atoms with Gasteiger partial charge in [0.05, 0.1) is 0 Å². The van der Waals surface area contributed by atoms with Crippen molar-refractivity contribution in [3.8, 4) is 0 Å². The molecule has 0 saturated heterocycles. The molecule has 0 bridgehead atoms. The normalized spacial score (nSPS) is 9.75. The van der Waals surface area contributed by atoms with E-state index in [-0.39, 0.29) is 0 Å². The summed E-state index contributed by atoms with van der Waals surface area (Å²) in [6, 6.07) is 0. The van der Waals surface area contributed by atoms with Gasteiger partial charge in [0.2, 0.25) is 0 Å². The van der Waals surface area contributed by atoms with E-state index < -0.39 is 0 Å². The summed E-state index contributed by atoms with van der Waals surface area (Å²) in [6.45, 7) is 0.794. The summed E-state index contributed by atoms with van der Waals surface area (Å²) in [4.78, 5) is 0. The number of thioether (sulfide) groups is 1. The van der Waals surface area contributed by atoms with E-state index in [1.54, 1.807) is 10.8 Å². The second-order valence-corrected chi connectivity index (χ2v) is 3.90. The van der Waals surface area contributed by atoms with Crippen LogP contribution in [0.1, 0.15) is 0 Å². The highest BCUT2D eigenvalue weighted by Crippen LogP contribution is 2.08. The molecule has 0 heterocycles. The third-order valence-electron chi connectivity index (χ3n) is 0.581. The SMILES string of the molecule is NCCSCCSS. The van der Waals surface area contributed by atoms with Gasteiger partial charge in [-0.3, -0.25) is 0 Å². The van der Waals surface area contributed by atoms with Crippen LogP contribution in [0.4, 0.5) is 0 Å². The van der Waals surface area contributed by atoms with Crippen LogP contribution in [-0.2, 0) is 0 Å². The number of rotatable bonds is 5. The van der Waals surface area contributed by atoms with E-state index in [1.807, 2.05) is 11.8 Å². The van der Waals surface area contributed by atoms with Gasteiger partial charge in [-0.2, -0.15) is 11.8 Å². The van der Waals surface area contributed by atoms with Crippen molar-refractivity contribution in [2.45, 2.75) is 0 Å². The largest absolute Gasteiger partial charge is 0.330 e. The lowest BCUT2D eigenvalue weighted by Gasteiger charge is -1.93. The Morgan fingerprint density at radius 1 is 1.25 bits per heavy atom. The summed E-state index contributed by atoms with van der Waals surface area (Å²) >= 11 is 5.88. The lowest BCUT2D eigenvalue weighted by molar-refractivity contribution is 1.15. The molecule has 0 atom stereocenters. The van der Waals surface area contributed by atoms with E-state index in [9.17, 15) is 0 Å². The summed E-state index contributed by atoms with van der Waals surface area (Å²) in [5.74, 6) is 3.37. The fraction of sp³-hybridized carbons (Fsp3) is 1.00. The lowest BCUT2D eigenvalue weighted by atomic mass is 10.8. The first-order chi connectivity index (χ1) is 3.91. The fourth-order valence-electron chi connectivity index (χ4n) is 0.282. The Morgan fingerprint density at radius 2 is 2.00 bits per heavy atom. The standard InChI is InChI=1S/C4H11NS3/c5-1-2-7-3-4-8-6/h6H,1-5H2. The Hall–Kier alpha value is 1.01. The first-order valence-electron chi connectivity index (χ1n) is 2.46. The molecule has 0 aliphatic heterocycles. The van der Waals surface area contributed by atoms with Gasteiger partial charge in [-0.1, -0.05) is 10.8 Å². The minimum absolute atomic E-state index is 0.794. The lowest BCUT2D eigenvalue weighted by Crippen LogP contribution is -2.01. The van der Waals surface area contributed by atoms with E-state index in [0.29, 0.717) is 0 Å². The van der Waals surface area contributed by atoms with Gasteiger partial charge < -0.3 is 5.73 Å². The Kier molecular flexibility index (Phi) is 9.02. The quantitative estimate of drug-likeness (QED) is 0.368. The van der Waals surface area contributed by atoms with E-state index >= 15 is 0 Å². The Balaban J connectivity index is 2.53. The monoisotopic (exact) mass is 169 g/mol. The molecule has 0 rings (SSSR count). The zero-order valence-corrected chi connectivity index (χ0v) is 7.20. The van der Waals surface area contributed by atoms with Gasteiger partial charge in [0.25, 0.3) is 0 Å². The van der Waals surface area contributed by atoms with Crippen molar-refractivity contribution < 1.29 is 0 Å². The molecule has 4 heteroatoms. The van der Waals surface area contributed by atoms with Crippen LogP contribution in [0.25, 0.3) is 0 Å². The topological polar surface area (TPSA) is 26.0 Å². The van der Waals surface area contributed by atoms with Crippen LogP contribution in [0.2, 0.25) is 0 Å². The Morgan fingerprint density at radius 3 is 2.50 bits per heavy atom. The van der Waals surface area contributed by atoms with Gasteiger partial charge in [0.1, 0.15) is 0 Å². The molecule has 0 aromatic carbocycles. The van der Waals surface area contributed by atoms with Crippen LogP contribution >= 0.6 is 34.2 Å². The molecule has 0 aliphatic rings. The summed E-state index contributed by atoms with van der Waals surface area (Å²) in [5.41, 5.74) is 5.26. The van der Waals surface area contributed by atoms with Gasteiger partial charge in [0, 0.05) is 23.8 Å². The average Bonchev–Trinajstić information content (AvgIpc) is 1.81. The molecule has 0 unspecified atom stereocenters. The van der Waals surface area contributed by atoms with E-state index in [1.165, 1.54) is 5.75 Å². The number of hydrogen-bond donors (Lipinski definition) is 2. The highest BCUT2D eigenvalue weighted by Gasteiger charge is 1.84. The first-order valence-corrected chi connectivity index (χ1v) is 5.65. The molecule has 1 nitrogen and oxygen atoms in total. The van der Waals surface area contributed by atoms with Crippen molar-refractivity contribution in [1.29, 1.82) is 0 Å². The highest BCUT2D eigenvalue weighted by atomic mass is 33.1. The molecule has 0 radical (unpaired) electrons. The second kappa shape index (κ2) is 8.01. The van der Waals surface area contributed by atoms with Gasteiger partial charge in [-0.05, 0) is 0 Å². The third kappa shape index (κ3) is 7.01. The van der Waals surface area contributed by atoms with Gasteiger partial charge >= 0.3 is 0 Å². The van der Waals surface area contributed by atoms with Crippen LogP contribution in [0.3, 0.4) is 0 Å². The Bertz CT molecular complexity index is 36.3. The zero-order valence-electron chi connectivity index (χ0n) is 4.67. The second-order valence-electron chi connectivity index (χ2n) is 1.23. The minimum atomic E-state index is 0.794. The predicted molar refractivity (Wildman–Crippen MR) is 47.8 cm³/mol. The molecule has 8 heavy (non-hydrogen) atoms.